The van der Waals surface area contributed by atoms with Gasteiger partial charge in [-0.1, -0.05) is 41.0 Å². The van der Waals surface area contributed by atoms with Crippen molar-refractivity contribution in [3.05, 3.63) is 0 Å². The fourth-order valence-electron chi connectivity index (χ4n) is 2.03. The van der Waals surface area contributed by atoms with Crippen LogP contribution >= 0.6 is 0 Å². The van der Waals surface area contributed by atoms with Crippen molar-refractivity contribution in [2.45, 2.75) is 72.4 Å². The molecule has 0 spiro atoms. The number of amides is 3. The van der Waals surface area contributed by atoms with Crippen LogP contribution in [-0.4, -0.2) is 59.5 Å². The van der Waals surface area contributed by atoms with E-state index in [9.17, 15) is 14.4 Å². The van der Waals surface area contributed by atoms with Crippen LogP contribution in [0.15, 0.2) is 0 Å². The number of rotatable bonds is 7. The molecule has 1 aliphatic heterocycles. The molecule has 0 bridgehead atoms. The lowest BCUT2D eigenvalue weighted by atomic mass is 10.1. The molecular formula is C18H38N4O4. The van der Waals surface area contributed by atoms with E-state index in [-0.39, 0.29) is 18.4 Å². The molecule has 1 saturated heterocycles. The normalized spacial score (nSPS) is 17.0. The zero-order valence-electron chi connectivity index (χ0n) is 17.0. The molecule has 6 N–H and O–H groups in total. The number of nitrogens with one attached hydrogen (secondary N) is 1. The smallest absolute Gasteiger partial charge is 0.243 e. The second kappa shape index (κ2) is 15.6. The highest BCUT2D eigenvalue weighted by Gasteiger charge is 2.36. The first kappa shape index (κ1) is 26.6. The summed E-state index contributed by atoms with van der Waals surface area (Å²) in [7, 11) is 0. The van der Waals surface area contributed by atoms with Gasteiger partial charge >= 0.3 is 0 Å². The minimum Gasteiger partial charge on any atom is -0.396 e. The van der Waals surface area contributed by atoms with Crippen LogP contribution in [0.5, 0.6) is 0 Å². The zero-order valence-corrected chi connectivity index (χ0v) is 17.0. The average molecular weight is 375 g/mol. The fourth-order valence-corrected chi connectivity index (χ4v) is 2.03. The van der Waals surface area contributed by atoms with Gasteiger partial charge in [-0.05, 0) is 25.2 Å². The lowest BCUT2D eigenvalue weighted by molar-refractivity contribution is -0.138. The Balaban J connectivity index is 0. The van der Waals surface area contributed by atoms with Crippen LogP contribution in [0.4, 0.5) is 0 Å². The van der Waals surface area contributed by atoms with E-state index in [1.807, 2.05) is 13.8 Å². The summed E-state index contributed by atoms with van der Waals surface area (Å²) in [6.45, 7) is 10.9. The summed E-state index contributed by atoms with van der Waals surface area (Å²) in [6.07, 6.45) is 2.73. The maximum Gasteiger partial charge on any atom is 0.243 e. The molecule has 0 saturated carbocycles. The predicted molar refractivity (Wildman–Crippen MR) is 103 cm³/mol. The molecule has 0 aromatic heterocycles. The van der Waals surface area contributed by atoms with Crippen LogP contribution in [-0.2, 0) is 14.4 Å². The highest BCUT2D eigenvalue weighted by Crippen LogP contribution is 2.16. The molecule has 3 amide bonds. The lowest BCUT2D eigenvalue weighted by Crippen LogP contribution is -2.50. The third-order valence-corrected chi connectivity index (χ3v) is 3.18. The maximum atomic E-state index is 11.9. The number of hydrogen-bond acceptors (Lipinski definition) is 5. The summed E-state index contributed by atoms with van der Waals surface area (Å²) in [6, 6.07) is -1.08. The summed E-state index contributed by atoms with van der Waals surface area (Å²) in [5.74, 6) is -0.330. The molecule has 26 heavy (non-hydrogen) atoms. The van der Waals surface area contributed by atoms with Gasteiger partial charge in [0.05, 0.1) is 12.6 Å². The number of primary amides is 1. The molecule has 8 nitrogen and oxygen atoms in total. The summed E-state index contributed by atoms with van der Waals surface area (Å²) < 4.78 is 0. The molecule has 0 aliphatic carbocycles. The molecule has 154 valence electrons. The monoisotopic (exact) mass is 374 g/mol. The SMILES string of the molecule is CC(C)C.CCCO.CCC[C@@H](C(=O)NCC(N)=O)N1CC[C@@H](N)C1=O. The molecule has 8 heteroatoms. The number of carbonyl (C=O) groups is 3. The first-order valence-electron chi connectivity index (χ1n) is 9.35. The number of hydrogen-bond donors (Lipinski definition) is 4. The Kier molecular flexibility index (Phi) is 15.9. The number of aliphatic hydroxyl groups excluding tert-OH is 1. The van der Waals surface area contributed by atoms with Gasteiger partial charge in [-0.15, -0.1) is 0 Å². The minimum absolute atomic E-state index is 0.206. The molecule has 0 unspecified atom stereocenters. The number of carbonyl (C=O) groups excluding carboxylic acids is 3. The van der Waals surface area contributed by atoms with Crippen molar-refractivity contribution in [2.24, 2.45) is 17.4 Å². The highest BCUT2D eigenvalue weighted by atomic mass is 16.2. The molecule has 1 aliphatic rings. The van der Waals surface area contributed by atoms with Gasteiger partial charge in [0.25, 0.3) is 0 Å². The van der Waals surface area contributed by atoms with Gasteiger partial charge in [-0.3, -0.25) is 14.4 Å². The van der Waals surface area contributed by atoms with E-state index in [4.69, 9.17) is 16.6 Å². The van der Waals surface area contributed by atoms with Crippen molar-refractivity contribution in [1.82, 2.24) is 10.2 Å². The highest BCUT2D eigenvalue weighted by molar-refractivity contribution is 5.92. The van der Waals surface area contributed by atoms with E-state index in [0.29, 0.717) is 26.0 Å². The second-order valence-electron chi connectivity index (χ2n) is 6.87. The van der Waals surface area contributed by atoms with Crippen molar-refractivity contribution < 1.29 is 19.5 Å². The van der Waals surface area contributed by atoms with Crippen LogP contribution in [0.25, 0.3) is 0 Å². The van der Waals surface area contributed by atoms with E-state index < -0.39 is 18.0 Å². The van der Waals surface area contributed by atoms with Gasteiger partial charge in [0.1, 0.15) is 6.04 Å². The number of aliphatic hydroxyl groups is 1. The van der Waals surface area contributed by atoms with Crippen LogP contribution < -0.4 is 16.8 Å². The van der Waals surface area contributed by atoms with Crippen molar-refractivity contribution in [3.63, 3.8) is 0 Å². The first-order chi connectivity index (χ1) is 12.1. The Bertz CT molecular complexity index is 411. The van der Waals surface area contributed by atoms with Crippen LogP contribution in [0.2, 0.25) is 0 Å². The lowest BCUT2D eigenvalue weighted by Gasteiger charge is -2.26. The van der Waals surface area contributed by atoms with Crippen LogP contribution in [0.1, 0.15) is 60.3 Å². The molecule has 0 radical (unpaired) electrons. The summed E-state index contributed by atoms with van der Waals surface area (Å²) in [4.78, 5) is 35.8. The third-order valence-electron chi connectivity index (χ3n) is 3.18. The van der Waals surface area contributed by atoms with E-state index in [0.717, 1.165) is 18.8 Å². The Morgan fingerprint density at radius 1 is 1.27 bits per heavy atom. The quantitative estimate of drug-likeness (QED) is 0.510. The van der Waals surface area contributed by atoms with Crippen molar-refractivity contribution in [1.29, 1.82) is 0 Å². The number of likely N-dealkylation sites (tertiary alicyclic amines) is 1. The summed E-state index contributed by atoms with van der Waals surface area (Å²) >= 11 is 0. The van der Waals surface area contributed by atoms with E-state index >= 15 is 0 Å². The van der Waals surface area contributed by atoms with Gasteiger partial charge in [0, 0.05) is 13.2 Å². The average Bonchev–Trinajstić information content (AvgIpc) is 2.89. The predicted octanol–water partition coefficient (Wildman–Crippen LogP) is 0.367. The Morgan fingerprint density at radius 3 is 2.08 bits per heavy atom. The van der Waals surface area contributed by atoms with Crippen LogP contribution in [0, 0.1) is 5.92 Å². The molecule has 0 aromatic rings. The number of nitrogens with two attached hydrogens (primary N) is 2. The maximum absolute atomic E-state index is 11.9. The molecular weight excluding hydrogens is 336 g/mol. The molecule has 2 atom stereocenters. The van der Waals surface area contributed by atoms with E-state index in [2.05, 4.69) is 26.1 Å². The Labute approximate surface area is 157 Å². The Morgan fingerprint density at radius 2 is 1.77 bits per heavy atom. The zero-order chi connectivity index (χ0) is 20.7. The molecule has 1 fully saturated rings. The largest absolute Gasteiger partial charge is 0.396 e. The van der Waals surface area contributed by atoms with Gasteiger partial charge in [0.15, 0.2) is 0 Å². The van der Waals surface area contributed by atoms with Crippen molar-refractivity contribution in [3.8, 4) is 0 Å². The third kappa shape index (κ3) is 12.7. The van der Waals surface area contributed by atoms with Gasteiger partial charge < -0.3 is 26.8 Å². The summed E-state index contributed by atoms with van der Waals surface area (Å²) in [5, 5.41) is 10.3. The van der Waals surface area contributed by atoms with Gasteiger partial charge in [0.2, 0.25) is 17.7 Å². The van der Waals surface area contributed by atoms with E-state index in [1.54, 1.807) is 0 Å². The molecule has 1 rings (SSSR count). The molecule has 0 aromatic carbocycles. The molecule has 1 heterocycles. The van der Waals surface area contributed by atoms with Crippen molar-refractivity contribution >= 4 is 17.7 Å². The van der Waals surface area contributed by atoms with Crippen molar-refractivity contribution in [2.75, 3.05) is 19.7 Å². The number of nitrogens with zero attached hydrogens (tertiary/aromatic N) is 1. The minimum atomic E-state index is -0.608. The van der Waals surface area contributed by atoms with Crippen LogP contribution in [0.3, 0.4) is 0 Å². The second-order valence-corrected chi connectivity index (χ2v) is 6.87. The van der Waals surface area contributed by atoms with Gasteiger partial charge in [-0.2, -0.15) is 0 Å². The Hall–Kier alpha value is -1.67. The van der Waals surface area contributed by atoms with E-state index in [1.165, 1.54) is 4.90 Å². The first-order valence-corrected chi connectivity index (χ1v) is 9.35. The standard InChI is InChI=1S/C11H20N4O3.C4H10.C3H8O/c1-2-3-8(10(17)14-6-9(13)16)15-5-4-7(12)11(15)18;1-4(2)3;1-2-3-4/h7-8H,2-6,12H2,1H3,(H2,13,16)(H,14,17);4H,1-3H3;4H,2-3H2,1H3/t7-,8+;;/m1../s1. The fraction of sp³-hybridized carbons (Fsp3) is 0.833. The van der Waals surface area contributed by atoms with Gasteiger partial charge in [-0.25, -0.2) is 0 Å². The topological polar surface area (TPSA) is 139 Å². The summed E-state index contributed by atoms with van der Waals surface area (Å²) in [5.41, 5.74) is 10.6.